The van der Waals surface area contributed by atoms with E-state index in [9.17, 15) is 19.7 Å². The lowest BCUT2D eigenvalue weighted by Crippen LogP contribution is -2.44. The molecule has 0 radical (unpaired) electrons. The van der Waals surface area contributed by atoms with Gasteiger partial charge < -0.3 is 10.4 Å². The second kappa shape index (κ2) is 6.33. The molecule has 1 aromatic rings. The zero-order valence-corrected chi connectivity index (χ0v) is 11.5. The molecule has 1 amide bonds. The predicted octanol–water partition coefficient (Wildman–Crippen LogP) is 2.09. The quantitative estimate of drug-likeness (QED) is 0.639. The first-order valence-corrected chi connectivity index (χ1v) is 6.09. The third kappa shape index (κ3) is 3.67. The number of rotatable bonds is 5. The van der Waals surface area contributed by atoms with Crippen molar-refractivity contribution >= 4 is 29.2 Å². The molecule has 0 unspecified atom stereocenters. The molecule has 0 bridgehead atoms. The van der Waals surface area contributed by atoms with Crippen molar-refractivity contribution in [2.24, 2.45) is 5.92 Å². The number of carbonyl (C=O) groups is 2. The Kier molecular flexibility index (Phi) is 5.04. The summed E-state index contributed by atoms with van der Waals surface area (Å²) in [6.45, 7) is 3.30. The highest BCUT2D eigenvalue weighted by Gasteiger charge is 2.25. The van der Waals surface area contributed by atoms with E-state index in [1.807, 2.05) is 0 Å². The molecule has 7 nitrogen and oxygen atoms in total. The standard InChI is InChI=1S/C12H13ClN2O5/c1-6(2)10(12(17)18)14-11(16)8-4-3-7(15(19)20)5-9(8)13/h3-6,10H,1-2H3,(H,14,16)(H,17,18)/t10-/m0/s1. The summed E-state index contributed by atoms with van der Waals surface area (Å²) < 4.78 is 0. The van der Waals surface area contributed by atoms with Gasteiger partial charge in [-0.1, -0.05) is 25.4 Å². The number of hydrogen-bond acceptors (Lipinski definition) is 4. The summed E-state index contributed by atoms with van der Waals surface area (Å²) in [6.07, 6.45) is 0. The molecule has 1 rings (SSSR count). The second-order valence-electron chi connectivity index (χ2n) is 4.45. The van der Waals surface area contributed by atoms with Crippen molar-refractivity contribution in [2.75, 3.05) is 0 Å². The first kappa shape index (κ1) is 15.9. The van der Waals surface area contributed by atoms with Crippen molar-refractivity contribution in [2.45, 2.75) is 19.9 Å². The summed E-state index contributed by atoms with van der Waals surface area (Å²) in [5.74, 6) is -2.16. The zero-order valence-electron chi connectivity index (χ0n) is 10.8. The van der Waals surface area contributed by atoms with Gasteiger partial charge in [0.1, 0.15) is 6.04 Å². The van der Waals surface area contributed by atoms with Gasteiger partial charge in [0.2, 0.25) is 0 Å². The van der Waals surface area contributed by atoms with E-state index in [2.05, 4.69) is 5.32 Å². The maximum atomic E-state index is 11.9. The van der Waals surface area contributed by atoms with Crippen LogP contribution in [0.1, 0.15) is 24.2 Å². The Bertz CT molecular complexity index is 559. The van der Waals surface area contributed by atoms with E-state index in [1.165, 1.54) is 6.07 Å². The van der Waals surface area contributed by atoms with Gasteiger partial charge in [-0.3, -0.25) is 14.9 Å². The summed E-state index contributed by atoms with van der Waals surface area (Å²) in [7, 11) is 0. The largest absolute Gasteiger partial charge is 0.480 e. The van der Waals surface area contributed by atoms with Gasteiger partial charge in [-0.05, 0) is 12.0 Å². The molecule has 0 aliphatic heterocycles. The van der Waals surface area contributed by atoms with Crippen LogP contribution < -0.4 is 5.32 Å². The summed E-state index contributed by atoms with van der Waals surface area (Å²) in [5, 5.41) is 21.8. The van der Waals surface area contributed by atoms with Crippen LogP contribution in [0.3, 0.4) is 0 Å². The lowest BCUT2D eigenvalue weighted by molar-refractivity contribution is -0.384. The number of benzene rings is 1. The van der Waals surface area contributed by atoms with Gasteiger partial charge in [0.15, 0.2) is 0 Å². The molecule has 0 saturated heterocycles. The Morgan fingerprint density at radius 1 is 1.40 bits per heavy atom. The number of amides is 1. The Morgan fingerprint density at radius 3 is 2.40 bits per heavy atom. The van der Waals surface area contributed by atoms with Crippen LogP contribution in [0.15, 0.2) is 18.2 Å². The van der Waals surface area contributed by atoms with Crippen LogP contribution in [0, 0.1) is 16.0 Å². The number of nitro benzene ring substituents is 1. The van der Waals surface area contributed by atoms with Crippen LogP contribution in [0.5, 0.6) is 0 Å². The van der Waals surface area contributed by atoms with Crippen molar-refractivity contribution in [1.29, 1.82) is 0 Å². The van der Waals surface area contributed by atoms with Gasteiger partial charge in [-0.25, -0.2) is 4.79 Å². The fraction of sp³-hybridized carbons (Fsp3) is 0.333. The Labute approximate surface area is 119 Å². The lowest BCUT2D eigenvalue weighted by Gasteiger charge is -2.18. The summed E-state index contributed by atoms with van der Waals surface area (Å²) >= 11 is 5.80. The zero-order chi connectivity index (χ0) is 15.4. The molecule has 0 fully saturated rings. The fourth-order valence-electron chi connectivity index (χ4n) is 1.53. The van der Waals surface area contributed by atoms with Gasteiger partial charge in [0, 0.05) is 12.1 Å². The molecule has 1 atom stereocenters. The number of hydrogen-bond donors (Lipinski definition) is 2. The van der Waals surface area contributed by atoms with Crippen molar-refractivity contribution in [3.05, 3.63) is 38.9 Å². The van der Waals surface area contributed by atoms with E-state index in [-0.39, 0.29) is 22.2 Å². The summed E-state index contributed by atoms with van der Waals surface area (Å²) in [5.41, 5.74) is -0.255. The number of nitrogens with one attached hydrogen (secondary N) is 1. The Morgan fingerprint density at radius 2 is 2.00 bits per heavy atom. The van der Waals surface area contributed by atoms with Crippen LogP contribution in [-0.4, -0.2) is 27.9 Å². The smallest absolute Gasteiger partial charge is 0.326 e. The van der Waals surface area contributed by atoms with Crippen LogP contribution in [0.2, 0.25) is 5.02 Å². The maximum Gasteiger partial charge on any atom is 0.326 e. The third-order valence-corrected chi connectivity index (χ3v) is 2.94. The van der Waals surface area contributed by atoms with Crippen molar-refractivity contribution in [3.8, 4) is 0 Å². The number of halogens is 1. The van der Waals surface area contributed by atoms with E-state index >= 15 is 0 Å². The van der Waals surface area contributed by atoms with E-state index in [1.54, 1.807) is 13.8 Å². The molecular weight excluding hydrogens is 288 g/mol. The maximum absolute atomic E-state index is 11.9. The van der Waals surface area contributed by atoms with Crippen molar-refractivity contribution in [3.63, 3.8) is 0 Å². The lowest BCUT2D eigenvalue weighted by atomic mass is 10.0. The number of nitrogens with zero attached hydrogens (tertiary/aromatic N) is 1. The van der Waals surface area contributed by atoms with Crippen molar-refractivity contribution in [1.82, 2.24) is 5.32 Å². The monoisotopic (exact) mass is 300 g/mol. The van der Waals surface area contributed by atoms with E-state index in [4.69, 9.17) is 16.7 Å². The average Bonchev–Trinajstić information content (AvgIpc) is 2.34. The number of non-ortho nitro benzene ring substituents is 1. The van der Waals surface area contributed by atoms with Crippen molar-refractivity contribution < 1.29 is 19.6 Å². The van der Waals surface area contributed by atoms with Gasteiger partial charge in [-0.15, -0.1) is 0 Å². The number of nitro groups is 1. The molecule has 0 aliphatic rings. The van der Waals surface area contributed by atoms with Gasteiger partial charge in [-0.2, -0.15) is 0 Å². The minimum Gasteiger partial charge on any atom is -0.480 e. The van der Waals surface area contributed by atoms with E-state index in [0.29, 0.717) is 0 Å². The molecule has 0 saturated carbocycles. The molecule has 0 aromatic heterocycles. The number of carboxylic acid groups (broad SMARTS) is 1. The molecule has 0 spiro atoms. The minimum atomic E-state index is -1.16. The summed E-state index contributed by atoms with van der Waals surface area (Å²) in [4.78, 5) is 32.9. The van der Waals surface area contributed by atoms with Crippen LogP contribution in [-0.2, 0) is 4.79 Å². The molecule has 108 valence electrons. The SMILES string of the molecule is CC(C)[C@H](NC(=O)c1ccc([N+](=O)[O-])cc1Cl)C(=O)O. The Hall–Kier alpha value is -2.15. The highest BCUT2D eigenvalue weighted by atomic mass is 35.5. The number of carboxylic acids is 1. The second-order valence-corrected chi connectivity index (χ2v) is 4.86. The minimum absolute atomic E-state index is 0.0100. The first-order valence-electron chi connectivity index (χ1n) is 5.71. The number of aliphatic carboxylic acids is 1. The van der Waals surface area contributed by atoms with E-state index < -0.39 is 22.8 Å². The molecule has 0 aliphatic carbocycles. The van der Waals surface area contributed by atoms with Gasteiger partial charge in [0.05, 0.1) is 15.5 Å². The first-order chi connectivity index (χ1) is 9.23. The molecule has 1 aromatic carbocycles. The predicted molar refractivity (Wildman–Crippen MR) is 71.8 cm³/mol. The van der Waals surface area contributed by atoms with E-state index in [0.717, 1.165) is 12.1 Å². The molecule has 2 N–H and O–H groups in total. The Balaban J connectivity index is 2.98. The van der Waals surface area contributed by atoms with Gasteiger partial charge >= 0.3 is 5.97 Å². The van der Waals surface area contributed by atoms with Crippen LogP contribution in [0.4, 0.5) is 5.69 Å². The molecule has 8 heteroatoms. The fourth-order valence-corrected chi connectivity index (χ4v) is 1.79. The third-order valence-electron chi connectivity index (χ3n) is 2.63. The van der Waals surface area contributed by atoms with Gasteiger partial charge in [0.25, 0.3) is 11.6 Å². The summed E-state index contributed by atoms with van der Waals surface area (Å²) in [6, 6.07) is 2.30. The molecule has 20 heavy (non-hydrogen) atoms. The molecular formula is C12H13ClN2O5. The number of carbonyl (C=O) groups excluding carboxylic acids is 1. The topological polar surface area (TPSA) is 110 Å². The highest BCUT2D eigenvalue weighted by molar-refractivity contribution is 6.34. The normalized spacial score (nSPS) is 12.0. The van der Waals surface area contributed by atoms with Crippen LogP contribution >= 0.6 is 11.6 Å². The molecule has 0 heterocycles. The van der Waals surface area contributed by atoms with Crippen LogP contribution in [0.25, 0.3) is 0 Å². The average molecular weight is 301 g/mol. The highest BCUT2D eigenvalue weighted by Crippen LogP contribution is 2.22.